The molecule has 8 heteroatoms. The van der Waals surface area contributed by atoms with Gasteiger partial charge in [0.1, 0.15) is 5.76 Å². The Labute approximate surface area is 118 Å². The molecule has 20 heavy (non-hydrogen) atoms. The van der Waals surface area contributed by atoms with Gasteiger partial charge in [0.15, 0.2) is 0 Å². The molecule has 0 spiro atoms. The number of ether oxygens (including phenoxy) is 1. The molecular formula is C12H18N2O5S. The summed E-state index contributed by atoms with van der Waals surface area (Å²) in [5.41, 5.74) is 0. The van der Waals surface area contributed by atoms with Gasteiger partial charge in [-0.2, -0.15) is 4.31 Å². The summed E-state index contributed by atoms with van der Waals surface area (Å²) in [7, 11) is -1.81. The molecule has 0 bridgehead atoms. The fraction of sp³-hybridized carbons (Fsp3) is 0.583. The van der Waals surface area contributed by atoms with Crippen LogP contribution in [0, 0.1) is 0 Å². The first-order chi connectivity index (χ1) is 9.40. The number of methoxy groups -OCH3 is 1. The molecule has 0 aromatic carbocycles. The molecule has 1 aliphatic rings. The minimum atomic E-state index is -3.11. The first-order valence-electron chi connectivity index (χ1n) is 6.24. The Kier molecular flexibility index (Phi) is 4.46. The van der Waals surface area contributed by atoms with Crippen LogP contribution in [0.15, 0.2) is 16.5 Å². The first kappa shape index (κ1) is 15.0. The summed E-state index contributed by atoms with van der Waals surface area (Å²) in [4.78, 5) is 13.4. The number of carbonyl (C=O) groups excluding carboxylic acids is 1. The normalized spacial score (nSPS) is 18.1. The smallest absolute Gasteiger partial charge is 0.373 e. The van der Waals surface area contributed by atoms with Crippen LogP contribution in [0.4, 0.5) is 0 Å². The van der Waals surface area contributed by atoms with Gasteiger partial charge < -0.3 is 9.15 Å². The molecule has 0 atom stereocenters. The van der Waals surface area contributed by atoms with Crippen molar-refractivity contribution in [2.75, 3.05) is 39.5 Å². The van der Waals surface area contributed by atoms with Crippen molar-refractivity contribution < 1.29 is 22.4 Å². The van der Waals surface area contributed by atoms with Crippen LogP contribution in [0.25, 0.3) is 0 Å². The van der Waals surface area contributed by atoms with Crippen LogP contribution in [-0.2, 0) is 21.3 Å². The number of carbonyl (C=O) groups is 1. The van der Waals surface area contributed by atoms with E-state index in [0.29, 0.717) is 38.5 Å². The van der Waals surface area contributed by atoms with Crippen LogP contribution in [-0.4, -0.2) is 63.1 Å². The van der Waals surface area contributed by atoms with Crippen molar-refractivity contribution in [3.8, 4) is 0 Å². The quantitative estimate of drug-likeness (QED) is 0.736. The van der Waals surface area contributed by atoms with Gasteiger partial charge in [-0.05, 0) is 12.1 Å². The van der Waals surface area contributed by atoms with E-state index in [1.165, 1.54) is 17.7 Å². The highest BCUT2D eigenvalue weighted by Crippen LogP contribution is 2.14. The molecule has 112 valence electrons. The number of rotatable bonds is 4. The summed E-state index contributed by atoms with van der Waals surface area (Å²) in [6.07, 6.45) is 1.22. The molecule has 7 nitrogen and oxygen atoms in total. The van der Waals surface area contributed by atoms with Crippen LogP contribution < -0.4 is 0 Å². The topological polar surface area (TPSA) is 80.1 Å². The molecule has 1 fully saturated rings. The van der Waals surface area contributed by atoms with E-state index >= 15 is 0 Å². The zero-order valence-corrected chi connectivity index (χ0v) is 12.4. The van der Waals surface area contributed by atoms with Crippen molar-refractivity contribution in [2.45, 2.75) is 6.54 Å². The van der Waals surface area contributed by atoms with E-state index in [-0.39, 0.29) is 5.76 Å². The maximum atomic E-state index is 11.4. The Morgan fingerprint density at radius 1 is 1.30 bits per heavy atom. The van der Waals surface area contributed by atoms with E-state index in [4.69, 9.17) is 4.42 Å². The maximum Gasteiger partial charge on any atom is 0.373 e. The summed E-state index contributed by atoms with van der Waals surface area (Å²) >= 11 is 0. The lowest BCUT2D eigenvalue weighted by atomic mass is 10.3. The van der Waals surface area contributed by atoms with Crippen molar-refractivity contribution in [1.29, 1.82) is 0 Å². The third kappa shape index (κ3) is 3.59. The zero-order chi connectivity index (χ0) is 14.8. The van der Waals surface area contributed by atoms with Crippen molar-refractivity contribution >= 4 is 16.0 Å². The molecule has 0 radical (unpaired) electrons. The standard InChI is InChI=1S/C12H18N2O5S/c1-18-12(15)11-4-3-10(19-11)9-13-5-7-14(8-6-13)20(2,16)17/h3-4H,5-9H2,1-2H3. The second-order valence-corrected chi connectivity index (χ2v) is 6.68. The van der Waals surface area contributed by atoms with Gasteiger partial charge in [-0.15, -0.1) is 0 Å². The van der Waals surface area contributed by atoms with E-state index in [1.54, 1.807) is 12.1 Å². The third-order valence-corrected chi connectivity index (χ3v) is 4.53. The number of esters is 1. The number of nitrogens with zero attached hydrogens (tertiary/aromatic N) is 2. The molecule has 1 aliphatic heterocycles. The highest BCUT2D eigenvalue weighted by atomic mass is 32.2. The summed E-state index contributed by atoms with van der Waals surface area (Å²) in [6, 6.07) is 3.31. The summed E-state index contributed by atoms with van der Waals surface area (Å²) in [5.74, 6) is 0.341. The lowest BCUT2D eigenvalue weighted by Crippen LogP contribution is -2.47. The number of hydrogen-bond donors (Lipinski definition) is 0. The minimum Gasteiger partial charge on any atom is -0.463 e. The van der Waals surface area contributed by atoms with E-state index in [2.05, 4.69) is 9.64 Å². The van der Waals surface area contributed by atoms with Gasteiger partial charge in [0, 0.05) is 26.2 Å². The SMILES string of the molecule is COC(=O)c1ccc(CN2CCN(S(C)(=O)=O)CC2)o1. The predicted octanol–water partition coefficient (Wildman–Crippen LogP) is 0.143. The number of furan rings is 1. The molecule has 0 aliphatic carbocycles. The Bertz CT molecular complexity index is 572. The highest BCUT2D eigenvalue weighted by Gasteiger charge is 2.24. The maximum absolute atomic E-state index is 11.4. The van der Waals surface area contributed by atoms with Crippen molar-refractivity contribution in [3.05, 3.63) is 23.7 Å². The second-order valence-electron chi connectivity index (χ2n) is 4.70. The van der Waals surface area contributed by atoms with Crippen LogP contribution in [0.2, 0.25) is 0 Å². The molecule has 2 rings (SSSR count). The van der Waals surface area contributed by atoms with Crippen LogP contribution in [0.5, 0.6) is 0 Å². The lowest BCUT2D eigenvalue weighted by Gasteiger charge is -2.32. The second kappa shape index (κ2) is 5.94. The zero-order valence-electron chi connectivity index (χ0n) is 11.5. The molecular weight excluding hydrogens is 284 g/mol. The van der Waals surface area contributed by atoms with E-state index in [9.17, 15) is 13.2 Å². The summed E-state index contributed by atoms with van der Waals surface area (Å²) < 4.78 is 34.2. The highest BCUT2D eigenvalue weighted by molar-refractivity contribution is 7.88. The van der Waals surface area contributed by atoms with Crippen molar-refractivity contribution in [2.24, 2.45) is 0 Å². The van der Waals surface area contributed by atoms with Gasteiger partial charge in [-0.1, -0.05) is 0 Å². The Morgan fingerprint density at radius 3 is 2.50 bits per heavy atom. The molecule has 0 saturated carbocycles. The Balaban J connectivity index is 1.90. The van der Waals surface area contributed by atoms with Gasteiger partial charge in [-0.25, -0.2) is 13.2 Å². The Hall–Kier alpha value is -1.38. The number of sulfonamides is 1. The van der Waals surface area contributed by atoms with E-state index in [1.807, 2.05) is 0 Å². The monoisotopic (exact) mass is 302 g/mol. The fourth-order valence-corrected chi connectivity index (χ4v) is 2.94. The van der Waals surface area contributed by atoms with Gasteiger partial charge in [0.25, 0.3) is 0 Å². The predicted molar refractivity (Wildman–Crippen MR) is 71.7 cm³/mol. The largest absolute Gasteiger partial charge is 0.463 e. The van der Waals surface area contributed by atoms with Gasteiger partial charge in [-0.3, -0.25) is 4.90 Å². The minimum absolute atomic E-state index is 0.178. The fourth-order valence-electron chi connectivity index (χ4n) is 2.11. The molecule has 0 N–H and O–H groups in total. The van der Waals surface area contributed by atoms with Crippen LogP contribution >= 0.6 is 0 Å². The molecule has 0 unspecified atom stereocenters. The molecule has 1 saturated heterocycles. The van der Waals surface area contributed by atoms with E-state index in [0.717, 1.165) is 0 Å². The third-order valence-electron chi connectivity index (χ3n) is 3.23. The summed E-state index contributed by atoms with van der Waals surface area (Å²) in [6.45, 7) is 2.78. The molecule has 1 aromatic heterocycles. The van der Waals surface area contributed by atoms with Crippen molar-refractivity contribution in [3.63, 3.8) is 0 Å². The van der Waals surface area contributed by atoms with Gasteiger partial charge in [0.2, 0.25) is 15.8 Å². The first-order valence-corrected chi connectivity index (χ1v) is 8.09. The summed E-state index contributed by atoms with van der Waals surface area (Å²) in [5, 5.41) is 0. The van der Waals surface area contributed by atoms with E-state index < -0.39 is 16.0 Å². The lowest BCUT2D eigenvalue weighted by molar-refractivity contribution is 0.0560. The van der Waals surface area contributed by atoms with Gasteiger partial charge >= 0.3 is 5.97 Å². The van der Waals surface area contributed by atoms with Gasteiger partial charge in [0.05, 0.1) is 19.9 Å². The van der Waals surface area contributed by atoms with Crippen LogP contribution in [0.1, 0.15) is 16.3 Å². The van der Waals surface area contributed by atoms with Crippen molar-refractivity contribution in [1.82, 2.24) is 9.21 Å². The molecule has 2 heterocycles. The molecule has 1 aromatic rings. The number of piperazine rings is 1. The molecule has 0 amide bonds. The number of hydrogen-bond acceptors (Lipinski definition) is 6. The van der Waals surface area contributed by atoms with Crippen LogP contribution in [0.3, 0.4) is 0 Å². The Morgan fingerprint density at radius 2 is 1.95 bits per heavy atom. The average molecular weight is 302 g/mol. The average Bonchev–Trinajstić information content (AvgIpc) is 2.86.